The van der Waals surface area contributed by atoms with Gasteiger partial charge in [-0.2, -0.15) is 5.23 Å². The number of hydrogen-bond acceptors (Lipinski definition) is 8. The molecule has 0 aromatic heterocycles. The number of quaternary nitrogens is 1. The zero-order chi connectivity index (χ0) is 19.3. The Labute approximate surface area is 152 Å². The van der Waals surface area contributed by atoms with Crippen molar-refractivity contribution in [2.45, 2.75) is 0 Å². The van der Waals surface area contributed by atoms with Gasteiger partial charge in [-0.15, -0.1) is 0 Å². The lowest BCUT2D eigenvalue weighted by Crippen LogP contribution is -2.99. The van der Waals surface area contributed by atoms with Gasteiger partial charge >= 0.3 is 5.97 Å². The number of hydrogen-bond donors (Lipinski definition) is 3. The van der Waals surface area contributed by atoms with E-state index in [4.69, 9.17) is 18.9 Å². The largest absolute Gasteiger partial charge is 0.595 e. The minimum Gasteiger partial charge on any atom is -0.595 e. The van der Waals surface area contributed by atoms with Crippen molar-refractivity contribution < 1.29 is 39.3 Å². The first kappa shape index (κ1) is 17.2. The molecular weight excluding hydrogens is 358 g/mol. The van der Waals surface area contributed by atoms with Gasteiger partial charge in [0.2, 0.25) is 6.79 Å². The van der Waals surface area contributed by atoms with E-state index in [0.29, 0.717) is 27.7 Å². The third-order valence-corrected chi connectivity index (χ3v) is 4.49. The average Bonchev–Trinajstić information content (AvgIpc) is 3.13. The number of benzene rings is 3. The van der Waals surface area contributed by atoms with Crippen LogP contribution in [0.25, 0.3) is 21.5 Å². The van der Waals surface area contributed by atoms with Crippen molar-refractivity contribution in [3.8, 4) is 23.0 Å². The van der Waals surface area contributed by atoms with Crippen molar-refractivity contribution in [3.63, 3.8) is 0 Å². The van der Waals surface area contributed by atoms with Crippen LogP contribution in [0.5, 0.6) is 23.0 Å². The molecule has 3 N–H and O–H groups in total. The van der Waals surface area contributed by atoms with Crippen LogP contribution < -0.4 is 19.4 Å². The van der Waals surface area contributed by atoms with Crippen LogP contribution in [0.15, 0.2) is 24.3 Å². The van der Waals surface area contributed by atoms with E-state index < -0.39 is 11.2 Å². The topological polar surface area (TPSA) is 122 Å². The number of phenols is 1. The molecule has 0 saturated heterocycles. The van der Waals surface area contributed by atoms with Crippen LogP contribution in [0.4, 0.5) is 5.69 Å². The number of esters is 1. The Kier molecular flexibility index (Phi) is 3.92. The Morgan fingerprint density at radius 2 is 1.96 bits per heavy atom. The van der Waals surface area contributed by atoms with Gasteiger partial charge in [0.05, 0.1) is 25.2 Å². The lowest BCUT2D eigenvalue weighted by atomic mass is 9.95. The van der Waals surface area contributed by atoms with Crippen LogP contribution in [-0.2, 0) is 4.74 Å². The summed E-state index contributed by atoms with van der Waals surface area (Å²) in [6, 6.07) is 5.74. The molecule has 140 valence electrons. The number of rotatable bonds is 3. The van der Waals surface area contributed by atoms with Crippen LogP contribution in [0.2, 0.25) is 0 Å². The molecule has 0 amide bonds. The fraction of sp³-hybridized carbons (Fsp3) is 0.167. The first-order valence-electron chi connectivity index (χ1n) is 7.88. The fourth-order valence-corrected chi connectivity index (χ4v) is 3.33. The lowest BCUT2D eigenvalue weighted by Gasteiger charge is -2.19. The van der Waals surface area contributed by atoms with Gasteiger partial charge in [0.15, 0.2) is 28.7 Å². The molecule has 0 fully saturated rings. The third kappa shape index (κ3) is 2.48. The molecule has 0 radical (unpaired) electrons. The van der Waals surface area contributed by atoms with Gasteiger partial charge in [-0.1, -0.05) is 0 Å². The highest BCUT2D eigenvalue weighted by molar-refractivity contribution is 6.21. The number of ether oxygens (including phenoxy) is 4. The molecule has 1 unspecified atom stereocenters. The van der Waals surface area contributed by atoms with Gasteiger partial charge in [-0.25, -0.2) is 10.0 Å². The van der Waals surface area contributed by atoms with Gasteiger partial charge in [0.25, 0.3) is 0 Å². The molecule has 3 aromatic rings. The van der Waals surface area contributed by atoms with E-state index in [0.717, 1.165) is 0 Å². The van der Waals surface area contributed by atoms with E-state index in [1.807, 2.05) is 0 Å². The lowest BCUT2D eigenvalue weighted by molar-refractivity contribution is -0.990. The zero-order valence-electron chi connectivity index (χ0n) is 14.4. The molecule has 1 aliphatic heterocycles. The summed E-state index contributed by atoms with van der Waals surface area (Å²) in [5.41, 5.74) is -0.0798. The molecule has 9 heteroatoms. The summed E-state index contributed by atoms with van der Waals surface area (Å²) in [4.78, 5) is 12.3. The third-order valence-electron chi connectivity index (χ3n) is 4.49. The Bertz CT molecular complexity index is 1090. The molecule has 1 atom stereocenters. The van der Waals surface area contributed by atoms with E-state index in [1.165, 1.54) is 32.4 Å². The number of carbonyl (C=O) groups excluding carboxylic acids is 1. The Balaban J connectivity index is 2.27. The van der Waals surface area contributed by atoms with Crippen molar-refractivity contribution in [2.75, 3.05) is 21.0 Å². The minimum absolute atomic E-state index is 0.0445. The first-order chi connectivity index (χ1) is 13.0. The minimum atomic E-state index is -1.23. The van der Waals surface area contributed by atoms with Crippen LogP contribution >= 0.6 is 0 Å². The molecule has 4 rings (SSSR count). The number of nitrogens with one attached hydrogen (secondary N) is 1. The molecular formula is C18H15NO8. The number of methoxy groups -OCH3 is 2. The van der Waals surface area contributed by atoms with Gasteiger partial charge in [0.1, 0.15) is 0 Å². The molecule has 3 aromatic carbocycles. The average molecular weight is 373 g/mol. The smallest absolute Gasteiger partial charge is 0.338 e. The van der Waals surface area contributed by atoms with E-state index >= 15 is 0 Å². The maximum absolute atomic E-state index is 12.3. The first-order valence-corrected chi connectivity index (χ1v) is 7.88. The van der Waals surface area contributed by atoms with Gasteiger partial charge in [-0.05, 0) is 29.0 Å². The van der Waals surface area contributed by atoms with Crippen molar-refractivity contribution in [2.24, 2.45) is 0 Å². The summed E-state index contributed by atoms with van der Waals surface area (Å²) < 4.78 is 21.0. The molecule has 1 aliphatic rings. The van der Waals surface area contributed by atoms with Crippen LogP contribution in [-0.4, -0.2) is 37.3 Å². The van der Waals surface area contributed by atoms with E-state index in [2.05, 4.69) is 0 Å². The van der Waals surface area contributed by atoms with Gasteiger partial charge < -0.3 is 29.3 Å². The van der Waals surface area contributed by atoms with E-state index in [1.54, 1.807) is 6.07 Å². The van der Waals surface area contributed by atoms with Crippen molar-refractivity contribution in [1.82, 2.24) is 0 Å². The Morgan fingerprint density at radius 1 is 1.19 bits per heavy atom. The molecule has 0 saturated carbocycles. The quantitative estimate of drug-likeness (QED) is 0.360. The predicted molar refractivity (Wildman–Crippen MR) is 92.9 cm³/mol. The molecule has 27 heavy (non-hydrogen) atoms. The van der Waals surface area contributed by atoms with Crippen LogP contribution in [0.1, 0.15) is 10.4 Å². The van der Waals surface area contributed by atoms with Crippen LogP contribution in [0.3, 0.4) is 0 Å². The number of fused-ring (bicyclic) bond motifs is 5. The summed E-state index contributed by atoms with van der Waals surface area (Å²) in [6.45, 7) is -0.0664. The van der Waals surface area contributed by atoms with Gasteiger partial charge in [0, 0.05) is 11.5 Å². The maximum atomic E-state index is 12.3. The highest BCUT2D eigenvalue weighted by atomic mass is 16.8. The molecule has 0 spiro atoms. The second-order valence-corrected chi connectivity index (χ2v) is 5.87. The molecule has 0 aliphatic carbocycles. The molecule has 1 heterocycles. The van der Waals surface area contributed by atoms with Gasteiger partial charge in [-0.3, -0.25) is 0 Å². The Morgan fingerprint density at radius 3 is 2.63 bits per heavy atom. The summed E-state index contributed by atoms with van der Waals surface area (Å²) >= 11 is 0. The summed E-state index contributed by atoms with van der Waals surface area (Å²) in [5, 5.41) is 32.0. The number of phenolic OH excluding ortho intramolecular Hbond substituents is 1. The molecule has 9 nitrogen and oxygen atoms in total. The highest BCUT2D eigenvalue weighted by Crippen LogP contribution is 2.48. The fourth-order valence-electron chi connectivity index (χ4n) is 3.33. The molecule has 0 bridgehead atoms. The van der Waals surface area contributed by atoms with Crippen molar-refractivity contribution in [1.29, 1.82) is 0 Å². The SMILES string of the molecule is COC(=O)c1cc2c(c3c1c([NH+]([O-])O)cc1cc(O)c(OC)cc13)OCO2. The Hall–Kier alpha value is -3.27. The standard InChI is InChI=1S/C18H15NO8/c1-24-13-5-9-8(4-12(13)20)3-11(19(22)23)15-10(18(21)25-2)6-14-17(16(9)15)27-7-26-14/h3-6,19-20,22H,7H2,1-2H3. The number of aromatic hydroxyl groups is 1. The second kappa shape index (κ2) is 6.16. The highest BCUT2D eigenvalue weighted by Gasteiger charge is 2.29. The summed E-state index contributed by atoms with van der Waals surface area (Å²) in [7, 11) is 2.61. The maximum Gasteiger partial charge on any atom is 0.338 e. The van der Waals surface area contributed by atoms with Crippen LogP contribution in [0, 0.1) is 5.21 Å². The monoisotopic (exact) mass is 373 g/mol. The van der Waals surface area contributed by atoms with E-state index in [-0.39, 0.29) is 34.9 Å². The predicted octanol–water partition coefficient (Wildman–Crippen LogP) is 1.63. The van der Waals surface area contributed by atoms with Crippen molar-refractivity contribution in [3.05, 3.63) is 35.0 Å². The van der Waals surface area contributed by atoms with Crippen molar-refractivity contribution >= 4 is 33.2 Å². The van der Waals surface area contributed by atoms with E-state index in [9.17, 15) is 20.3 Å². The number of carbonyl (C=O) groups is 1. The normalized spacial score (nSPS) is 13.8. The second-order valence-electron chi connectivity index (χ2n) is 5.87. The summed E-state index contributed by atoms with van der Waals surface area (Å²) in [6.07, 6.45) is 0. The summed E-state index contributed by atoms with van der Waals surface area (Å²) in [5.74, 6) is -0.0233. The zero-order valence-corrected chi connectivity index (χ0v) is 14.4.